The largest absolute Gasteiger partial charge is 0.455 e. The van der Waals surface area contributed by atoms with Gasteiger partial charge in [0.2, 0.25) is 0 Å². The normalized spacial score (nSPS) is 11.2. The Kier molecular flexibility index (Phi) is 9.57. The molecule has 2 nitrogen and oxygen atoms in total. The Balaban J connectivity index is 0.903. The summed E-state index contributed by atoms with van der Waals surface area (Å²) in [5.41, 5.74) is 17.0. The maximum absolute atomic E-state index is 6.55. The second-order valence-corrected chi connectivity index (χ2v) is 15.7. The van der Waals surface area contributed by atoms with Gasteiger partial charge in [0, 0.05) is 33.6 Å². The number of anilines is 3. The predicted octanol–water partition coefficient (Wildman–Crippen LogP) is 17.1. The smallest absolute Gasteiger partial charge is 0.143 e. The van der Waals surface area contributed by atoms with Crippen LogP contribution in [-0.4, -0.2) is 0 Å². The average Bonchev–Trinajstić information content (AvgIpc) is 3.75. The van der Waals surface area contributed by atoms with Gasteiger partial charge in [-0.25, -0.2) is 0 Å². The van der Waals surface area contributed by atoms with Gasteiger partial charge in [0.15, 0.2) is 0 Å². The lowest BCUT2D eigenvalue weighted by Gasteiger charge is -2.26. The van der Waals surface area contributed by atoms with Gasteiger partial charge in [-0.3, -0.25) is 0 Å². The number of para-hydroxylation sites is 1. The number of hydrogen-bond donors (Lipinski definition) is 0. The molecule has 11 aromatic rings. The molecule has 2 heteroatoms. The average molecular weight is 792 g/mol. The second-order valence-electron chi connectivity index (χ2n) is 15.7. The highest BCUT2D eigenvalue weighted by Gasteiger charge is 2.19. The van der Waals surface area contributed by atoms with Crippen molar-refractivity contribution in [2.24, 2.45) is 0 Å². The lowest BCUT2D eigenvalue weighted by Crippen LogP contribution is -2.09. The van der Waals surface area contributed by atoms with E-state index in [2.05, 4.69) is 241 Å². The molecule has 0 spiro atoms. The van der Waals surface area contributed by atoms with E-state index >= 15 is 0 Å². The number of benzene rings is 10. The van der Waals surface area contributed by atoms with Gasteiger partial charge in [0.1, 0.15) is 11.3 Å². The number of nitrogens with zero attached hydrogens (tertiary/aromatic N) is 1. The molecule has 1 aromatic heterocycles. The molecule has 0 aliphatic heterocycles. The minimum absolute atomic E-state index is 0.887. The van der Waals surface area contributed by atoms with Crippen molar-refractivity contribution in [1.29, 1.82) is 0 Å². The quantitative estimate of drug-likeness (QED) is 0.145. The topological polar surface area (TPSA) is 16.4 Å². The van der Waals surface area contributed by atoms with Crippen LogP contribution < -0.4 is 4.90 Å². The van der Waals surface area contributed by atoms with Crippen molar-refractivity contribution in [3.63, 3.8) is 0 Å². The third kappa shape index (κ3) is 7.04. The molecule has 0 unspecified atom stereocenters. The summed E-state index contributed by atoms with van der Waals surface area (Å²) in [5.74, 6) is 0.887. The Morgan fingerprint density at radius 3 is 1.42 bits per heavy atom. The number of fused-ring (bicyclic) bond motifs is 2. The van der Waals surface area contributed by atoms with Gasteiger partial charge in [-0.05, 0) is 109 Å². The van der Waals surface area contributed by atoms with Crippen molar-refractivity contribution in [3.8, 4) is 67.0 Å². The van der Waals surface area contributed by atoms with E-state index in [-0.39, 0.29) is 0 Å². The van der Waals surface area contributed by atoms with E-state index in [4.69, 9.17) is 4.42 Å². The molecule has 0 atom stereocenters. The highest BCUT2D eigenvalue weighted by atomic mass is 16.3. The Hall–Kier alpha value is -8.20. The first-order valence-corrected chi connectivity index (χ1v) is 21.2. The van der Waals surface area contributed by atoms with Gasteiger partial charge >= 0.3 is 0 Å². The fourth-order valence-electron chi connectivity index (χ4n) is 8.80. The second kappa shape index (κ2) is 16.1. The molecular formula is C60H41NO. The van der Waals surface area contributed by atoms with E-state index in [1.54, 1.807) is 0 Å². The number of furan rings is 1. The van der Waals surface area contributed by atoms with Crippen LogP contribution in [0.25, 0.3) is 88.7 Å². The predicted molar refractivity (Wildman–Crippen MR) is 261 cm³/mol. The molecule has 0 radical (unpaired) electrons. The summed E-state index contributed by atoms with van der Waals surface area (Å²) in [6.07, 6.45) is 0. The maximum Gasteiger partial charge on any atom is 0.143 e. The van der Waals surface area contributed by atoms with Crippen LogP contribution in [0.5, 0.6) is 0 Å². The first kappa shape index (κ1) is 36.8. The molecule has 0 saturated heterocycles. The van der Waals surface area contributed by atoms with E-state index in [0.29, 0.717) is 0 Å². The SMILES string of the molecule is c1ccc(-c2ccccc2-c2ccc(N(c3ccc(-c4ccc(-c5cccc(-c6oc7ccccc7c6-c6ccccc6)c5)cc4)cc3)c3ccc4ccccc4c3)cc2)cc1. The number of rotatable bonds is 9. The van der Waals surface area contributed by atoms with Crippen LogP contribution in [0.1, 0.15) is 0 Å². The molecule has 62 heavy (non-hydrogen) atoms. The van der Waals surface area contributed by atoms with Crippen molar-refractivity contribution in [2.45, 2.75) is 0 Å². The molecule has 11 rings (SSSR count). The van der Waals surface area contributed by atoms with E-state index in [1.807, 2.05) is 12.1 Å². The standard InChI is InChI=1S/C60H41NO/c1-3-15-46(16-4-1)55-22-9-10-23-56(55)47-33-37-53(38-34-47)61(54-39-32-42-14-7-8-19-50(42)41-54)52-35-30-44(31-36-52)43-26-28-45(29-27-43)49-20-13-21-51(40-49)60-59(48-17-5-2-6-18-48)57-24-11-12-25-58(57)62-60/h1-41H. The molecule has 0 fully saturated rings. The lowest BCUT2D eigenvalue weighted by atomic mass is 9.94. The van der Waals surface area contributed by atoms with Crippen molar-refractivity contribution in [3.05, 3.63) is 249 Å². The molecule has 1 heterocycles. The van der Waals surface area contributed by atoms with Gasteiger partial charge < -0.3 is 9.32 Å². The monoisotopic (exact) mass is 791 g/mol. The van der Waals surface area contributed by atoms with Crippen LogP contribution in [0.15, 0.2) is 253 Å². The summed E-state index contributed by atoms with van der Waals surface area (Å²) in [7, 11) is 0. The molecule has 0 aliphatic rings. The highest BCUT2D eigenvalue weighted by Crippen LogP contribution is 2.43. The summed E-state index contributed by atoms with van der Waals surface area (Å²) in [5, 5.41) is 3.55. The molecule has 10 aromatic carbocycles. The Morgan fingerprint density at radius 1 is 0.274 bits per heavy atom. The molecule has 292 valence electrons. The Morgan fingerprint density at radius 2 is 0.742 bits per heavy atom. The summed E-state index contributed by atoms with van der Waals surface area (Å²) >= 11 is 0. The van der Waals surface area contributed by atoms with Crippen LogP contribution in [-0.2, 0) is 0 Å². The van der Waals surface area contributed by atoms with E-state index in [9.17, 15) is 0 Å². The van der Waals surface area contributed by atoms with Crippen molar-refractivity contribution < 1.29 is 4.42 Å². The molecule has 0 saturated carbocycles. The van der Waals surface area contributed by atoms with Crippen LogP contribution in [0.4, 0.5) is 17.1 Å². The minimum atomic E-state index is 0.887. The van der Waals surface area contributed by atoms with Crippen LogP contribution in [0.3, 0.4) is 0 Å². The highest BCUT2D eigenvalue weighted by molar-refractivity contribution is 6.02. The Bertz CT molecular complexity index is 3310. The zero-order valence-electron chi connectivity index (χ0n) is 34.0. The lowest BCUT2D eigenvalue weighted by molar-refractivity contribution is 0.632. The van der Waals surface area contributed by atoms with E-state index < -0.39 is 0 Å². The van der Waals surface area contributed by atoms with Crippen LogP contribution >= 0.6 is 0 Å². The van der Waals surface area contributed by atoms with E-state index in [0.717, 1.165) is 67.2 Å². The minimum Gasteiger partial charge on any atom is -0.455 e. The van der Waals surface area contributed by atoms with Gasteiger partial charge in [-0.2, -0.15) is 0 Å². The molecular weight excluding hydrogens is 751 g/mol. The maximum atomic E-state index is 6.55. The summed E-state index contributed by atoms with van der Waals surface area (Å²) in [4.78, 5) is 2.35. The van der Waals surface area contributed by atoms with Gasteiger partial charge in [-0.1, -0.05) is 200 Å². The molecule has 0 N–H and O–H groups in total. The third-order valence-electron chi connectivity index (χ3n) is 11.9. The molecule has 0 bridgehead atoms. The van der Waals surface area contributed by atoms with Crippen LogP contribution in [0, 0.1) is 0 Å². The summed E-state index contributed by atoms with van der Waals surface area (Å²) in [6.45, 7) is 0. The molecule has 0 amide bonds. The van der Waals surface area contributed by atoms with E-state index in [1.165, 1.54) is 38.6 Å². The van der Waals surface area contributed by atoms with Crippen molar-refractivity contribution in [2.75, 3.05) is 4.90 Å². The fraction of sp³-hybridized carbons (Fsp3) is 0. The Labute approximate surface area is 362 Å². The summed E-state index contributed by atoms with van der Waals surface area (Å²) < 4.78 is 6.55. The van der Waals surface area contributed by atoms with Gasteiger partial charge in [-0.15, -0.1) is 0 Å². The fourth-order valence-corrected chi connectivity index (χ4v) is 8.80. The first-order valence-electron chi connectivity index (χ1n) is 21.2. The van der Waals surface area contributed by atoms with Crippen molar-refractivity contribution in [1.82, 2.24) is 0 Å². The zero-order chi connectivity index (χ0) is 41.2. The first-order chi connectivity index (χ1) is 30.7. The van der Waals surface area contributed by atoms with Crippen LogP contribution in [0.2, 0.25) is 0 Å². The summed E-state index contributed by atoms with van der Waals surface area (Å²) in [6, 6.07) is 88.8. The zero-order valence-corrected chi connectivity index (χ0v) is 34.0. The van der Waals surface area contributed by atoms with Gasteiger partial charge in [0.25, 0.3) is 0 Å². The third-order valence-corrected chi connectivity index (χ3v) is 11.9. The van der Waals surface area contributed by atoms with Crippen molar-refractivity contribution >= 4 is 38.8 Å². The van der Waals surface area contributed by atoms with Gasteiger partial charge in [0.05, 0.1) is 0 Å². The molecule has 0 aliphatic carbocycles. The number of hydrogen-bond acceptors (Lipinski definition) is 2.